The molecule has 22 nitrogen and oxygen atoms in total. The average Bonchev–Trinajstić information content (AvgIpc) is 3.27. The van der Waals surface area contributed by atoms with Crippen LogP contribution < -0.4 is 47.3 Å². The van der Waals surface area contributed by atoms with Crippen molar-refractivity contribution in [2.45, 2.75) is 207 Å². The van der Waals surface area contributed by atoms with Gasteiger partial charge in [-0.1, -0.05) is 36.2 Å². The molecule has 0 fully saturated rings. The fraction of sp³-hybridized carbons (Fsp3) is 0.685. The lowest BCUT2D eigenvalue weighted by Crippen LogP contribution is -2.49. The molecule has 24 heteroatoms. The van der Waals surface area contributed by atoms with Gasteiger partial charge in [-0.25, -0.2) is 19.2 Å². The van der Waals surface area contributed by atoms with Crippen molar-refractivity contribution in [1.82, 2.24) is 42.5 Å². The van der Waals surface area contributed by atoms with Gasteiger partial charge < -0.3 is 60.9 Å². The fourth-order valence-electron chi connectivity index (χ4n) is 6.75. The molecule has 0 aliphatic heterocycles. The highest BCUT2D eigenvalue weighted by Gasteiger charge is 2.28. The van der Waals surface area contributed by atoms with Crippen LogP contribution >= 0.6 is 23.5 Å². The third-order valence-corrected chi connectivity index (χ3v) is 11.8. The molecule has 78 heavy (non-hydrogen) atoms. The van der Waals surface area contributed by atoms with Crippen LogP contribution in [0.1, 0.15) is 166 Å². The molecular formula is C54H90N8O14S2. The Morgan fingerprint density at radius 3 is 1.19 bits per heavy atom. The van der Waals surface area contributed by atoms with E-state index in [0.717, 1.165) is 22.9 Å². The van der Waals surface area contributed by atoms with Gasteiger partial charge in [0.25, 0.3) is 0 Å². The molecule has 1 aromatic rings. The van der Waals surface area contributed by atoms with Crippen LogP contribution in [0.25, 0.3) is 0 Å². The van der Waals surface area contributed by atoms with E-state index in [1.807, 2.05) is 12.1 Å². The average molecular weight is 1140 g/mol. The van der Waals surface area contributed by atoms with Crippen LogP contribution in [0.5, 0.6) is 5.75 Å². The molecule has 0 aliphatic rings. The van der Waals surface area contributed by atoms with Gasteiger partial charge in [0, 0.05) is 45.0 Å². The van der Waals surface area contributed by atoms with Gasteiger partial charge in [-0.15, -0.1) is 0 Å². The first kappa shape index (κ1) is 70.1. The van der Waals surface area contributed by atoms with Gasteiger partial charge in [-0.2, -0.15) is 0 Å². The molecule has 442 valence electrons. The van der Waals surface area contributed by atoms with Crippen molar-refractivity contribution in [2.75, 3.05) is 32.8 Å². The van der Waals surface area contributed by atoms with Gasteiger partial charge in [0.1, 0.15) is 58.7 Å². The molecule has 1 aromatic carbocycles. The first-order chi connectivity index (χ1) is 36.1. The minimum absolute atomic E-state index is 0.0219. The number of ether oxygens (including phenoxy) is 5. The minimum Gasteiger partial charge on any atom is -0.492 e. The molecule has 0 unspecified atom stereocenters. The Morgan fingerprint density at radius 1 is 0.474 bits per heavy atom. The summed E-state index contributed by atoms with van der Waals surface area (Å²) < 4.78 is 27.4. The Hall–Kier alpha value is -5.91. The fourth-order valence-corrected chi connectivity index (χ4v) is 8.02. The summed E-state index contributed by atoms with van der Waals surface area (Å²) in [6.07, 6.45) is 0.399. The number of thioether (sulfide) groups is 2. The van der Waals surface area contributed by atoms with Crippen molar-refractivity contribution in [3.05, 3.63) is 41.7 Å². The van der Waals surface area contributed by atoms with E-state index in [0.29, 0.717) is 62.3 Å². The summed E-state index contributed by atoms with van der Waals surface area (Å²) in [4.78, 5) is 114. The molecule has 0 aliphatic carbocycles. The van der Waals surface area contributed by atoms with Crippen LogP contribution in [-0.2, 0) is 54.4 Å². The van der Waals surface area contributed by atoms with E-state index in [-0.39, 0.29) is 61.6 Å². The zero-order valence-corrected chi connectivity index (χ0v) is 50.1. The van der Waals surface area contributed by atoms with Gasteiger partial charge >= 0.3 is 24.4 Å². The number of amides is 7. The van der Waals surface area contributed by atoms with Crippen molar-refractivity contribution in [1.29, 1.82) is 0 Å². The number of unbranched alkanes of at least 4 members (excludes halogenated alkanes) is 3. The number of carbonyl (C=O) groups excluding carboxylic acids is 9. The maximum Gasteiger partial charge on any atom is 0.413 e. The highest BCUT2D eigenvalue weighted by atomic mass is 32.2. The van der Waals surface area contributed by atoms with Gasteiger partial charge in [0.05, 0.1) is 6.54 Å². The van der Waals surface area contributed by atoms with E-state index in [1.54, 1.807) is 89.2 Å². The lowest BCUT2D eigenvalue weighted by atomic mass is 10.1. The molecule has 0 spiro atoms. The van der Waals surface area contributed by atoms with E-state index in [1.165, 1.54) is 25.6 Å². The van der Waals surface area contributed by atoms with Crippen molar-refractivity contribution >= 4 is 75.8 Å². The van der Waals surface area contributed by atoms with Crippen molar-refractivity contribution in [3.63, 3.8) is 0 Å². The topological polar surface area (TPSA) is 296 Å². The first-order valence-electron chi connectivity index (χ1n) is 26.4. The van der Waals surface area contributed by atoms with E-state index in [9.17, 15) is 43.2 Å². The minimum atomic E-state index is -0.995. The smallest absolute Gasteiger partial charge is 0.413 e. The van der Waals surface area contributed by atoms with E-state index in [2.05, 4.69) is 49.1 Å². The van der Waals surface area contributed by atoms with E-state index >= 15 is 0 Å². The second-order valence-corrected chi connectivity index (χ2v) is 24.6. The van der Waals surface area contributed by atoms with Crippen LogP contribution in [-0.4, -0.2) is 126 Å². The van der Waals surface area contributed by atoms with Crippen LogP contribution in [0.2, 0.25) is 0 Å². The van der Waals surface area contributed by atoms with Crippen LogP contribution in [0.15, 0.2) is 30.6 Å². The Labute approximate surface area is 470 Å². The molecule has 8 N–H and O–H groups in total. The third-order valence-electron chi connectivity index (χ3n) is 10.1. The molecule has 1 rings (SSSR count). The zero-order chi connectivity index (χ0) is 59.3. The standard InChI is InChI=1S/C54H90N8O14S2/c1-35(59-47(68)73-51(4,5)6)55-27-19-16-22-41(60-48(69)74-52(7,8)9)44(65)56-28-20-17-23-42(61-49(70)75-53(10,11)12)45(66)57-29-21-18-24-43(62-50(71)76-54(13,14)15)46(67)58-30-31-72-40-26-25-38(33-77-36(2)63)39(32-40)34-78-37(3)64/h25-26,32,41-43,55H,1,16-24,27-31,33-34H2,2-15H3,(H,56,65)(H,57,66)(H,58,67)(H,59,68)(H,60,69)(H,61,70)(H,62,71)/t41-,42-,43-/m0/s1. The Balaban J connectivity index is 2.90. The zero-order valence-electron chi connectivity index (χ0n) is 48.5. The largest absolute Gasteiger partial charge is 0.492 e. The predicted octanol–water partition coefficient (Wildman–Crippen LogP) is 7.75. The summed E-state index contributed by atoms with van der Waals surface area (Å²) in [5.74, 6) is 0.264. The number of benzene rings is 1. The molecule has 7 amide bonds. The predicted molar refractivity (Wildman–Crippen MR) is 302 cm³/mol. The Bertz CT molecular complexity index is 2150. The summed E-state index contributed by atoms with van der Waals surface area (Å²) in [6, 6.07) is 2.51. The van der Waals surface area contributed by atoms with Crippen LogP contribution in [0.4, 0.5) is 19.2 Å². The first-order valence-corrected chi connectivity index (χ1v) is 28.3. The van der Waals surface area contributed by atoms with Crippen molar-refractivity contribution in [2.24, 2.45) is 0 Å². The molecule has 0 aromatic heterocycles. The summed E-state index contributed by atoms with van der Waals surface area (Å²) in [5.41, 5.74) is -1.37. The summed E-state index contributed by atoms with van der Waals surface area (Å²) >= 11 is 2.32. The van der Waals surface area contributed by atoms with Crippen molar-refractivity contribution < 1.29 is 66.8 Å². The lowest BCUT2D eigenvalue weighted by Gasteiger charge is -2.24. The number of carbonyl (C=O) groups is 9. The van der Waals surface area contributed by atoms with Crippen molar-refractivity contribution in [3.8, 4) is 5.75 Å². The SMILES string of the molecule is C=C(NCCCC[C@H](NC(=O)OC(C)(C)C)C(=O)NCCCC[C@H](NC(=O)OC(C)(C)C)C(=O)NCCCC[C@H](NC(=O)OC(C)(C)C)C(=O)NCCOc1ccc(CSC(C)=O)c(CSC(C)=O)c1)NC(=O)OC(C)(C)C. The maximum absolute atomic E-state index is 13.6. The van der Waals surface area contributed by atoms with E-state index < -0.39 is 82.6 Å². The second kappa shape index (κ2) is 34.9. The lowest BCUT2D eigenvalue weighted by molar-refractivity contribution is -0.124. The molecule has 0 radical (unpaired) electrons. The number of hydrogen-bond acceptors (Lipinski definition) is 17. The highest BCUT2D eigenvalue weighted by Crippen LogP contribution is 2.26. The molecule has 0 saturated heterocycles. The second-order valence-electron chi connectivity index (χ2n) is 22.3. The Kier molecular flexibility index (Phi) is 31.3. The van der Waals surface area contributed by atoms with Gasteiger partial charge in [0.15, 0.2) is 10.2 Å². The van der Waals surface area contributed by atoms with Crippen LogP contribution in [0, 0.1) is 0 Å². The highest BCUT2D eigenvalue weighted by molar-refractivity contribution is 8.13. The molecular weight excluding hydrogens is 1050 g/mol. The van der Waals surface area contributed by atoms with E-state index in [4.69, 9.17) is 23.7 Å². The quantitative estimate of drug-likeness (QED) is 0.0260. The van der Waals surface area contributed by atoms with Gasteiger partial charge in [-0.05, 0) is 164 Å². The normalized spacial score (nSPS) is 12.7. The van der Waals surface area contributed by atoms with Gasteiger partial charge in [0.2, 0.25) is 17.7 Å². The summed E-state index contributed by atoms with van der Waals surface area (Å²) in [5, 5.41) is 21.9. The van der Waals surface area contributed by atoms with Crippen LogP contribution in [0.3, 0.4) is 0 Å². The maximum atomic E-state index is 13.6. The Morgan fingerprint density at radius 2 is 0.821 bits per heavy atom. The summed E-state index contributed by atoms with van der Waals surface area (Å²) in [6.45, 7) is 28.3. The monoisotopic (exact) mass is 1140 g/mol. The number of rotatable bonds is 31. The number of alkyl carbamates (subject to hydrolysis) is 4. The molecule has 0 saturated carbocycles. The summed E-state index contributed by atoms with van der Waals surface area (Å²) in [7, 11) is 0. The molecule has 0 bridgehead atoms. The number of hydrogen-bond donors (Lipinski definition) is 8. The van der Waals surface area contributed by atoms with Gasteiger partial charge in [-0.3, -0.25) is 29.3 Å². The number of nitrogens with one attached hydrogen (secondary N) is 8. The molecule has 3 atom stereocenters. The third kappa shape index (κ3) is 36.2. The molecule has 0 heterocycles.